The van der Waals surface area contributed by atoms with Crippen LogP contribution in [0.4, 0.5) is 0 Å². The molecule has 0 aromatic carbocycles. The third kappa shape index (κ3) is 5.19. The topological polar surface area (TPSA) is 78.6 Å². The van der Waals surface area contributed by atoms with Gasteiger partial charge in [0.1, 0.15) is 6.04 Å². The van der Waals surface area contributed by atoms with Crippen molar-refractivity contribution in [1.82, 2.24) is 0 Å². The second kappa shape index (κ2) is 6.42. The van der Waals surface area contributed by atoms with Crippen LogP contribution in [0.2, 0.25) is 0 Å². The maximum absolute atomic E-state index is 10.9. The van der Waals surface area contributed by atoms with E-state index in [9.17, 15) is 9.59 Å². The van der Waals surface area contributed by atoms with E-state index in [1.165, 1.54) is 0 Å². The highest BCUT2D eigenvalue weighted by atomic mass is 16.5. The molecule has 0 saturated heterocycles. The Morgan fingerprint density at radius 3 is 2.23 bits per heavy atom. The molecule has 0 spiro atoms. The van der Waals surface area contributed by atoms with Gasteiger partial charge in [-0.3, -0.25) is 9.59 Å². The third-order valence-electron chi connectivity index (χ3n) is 1.28. The van der Waals surface area contributed by atoms with Gasteiger partial charge in [0, 0.05) is 0 Å². The predicted molar refractivity (Wildman–Crippen MR) is 45.9 cm³/mol. The minimum atomic E-state index is -0.918. The van der Waals surface area contributed by atoms with Gasteiger partial charge in [0.05, 0.1) is 19.6 Å². The Balaban J connectivity index is 3.78. The van der Waals surface area contributed by atoms with Crippen LogP contribution < -0.4 is 5.73 Å². The second-order valence-electron chi connectivity index (χ2n) is 2.37. The Labute approximate surface area is 77.2 Å². The largest absolute Gasteiger partial charge is 0.466 e. The van der Waals surface area contributed by atoms with E-state index in [1.807, 2.05) is 0 Å². The summed E-state index contributed by atoms with van der Waals surface area (Å²) in [7, 11) is 0. The molecular formula is C8H15NO4. The first-order chi connectivity index (χ1) is 6.11. The predicted octanol–water partition coefficient (Wildman–Crippen LogP) is -0.170. The molecule has 2 N–H and O–H groups in total. The number of ether oxygens (including phenoxy) is 2. The molecule has 0 aromatic rings. The van der Waals surface area contributed by atoms with Crippen LogP contribution in [-0.2, 0) is 19.1 Å². The first kappa shape index (κ1) is 11.9. The Kier molecular flexibility index (Phi) is 5.88. The first-order valence-corrected chi connectivity index (χ1v) is 4.19. The highest BCUT2D eigenvalue weighted by Crippen LogP contribution is 1.95. The lowest BCUT2D eigenvalue weighted by atomic mass is 10.2. The van der Waals surface area contributed by atoms with E-state index in [-0.39, 0.29) is 19.6 Å². The van der Waals surface area contributed by atoms with Gasteiger partial charge in [0.15, 0.2) is 0 Å². The normalized spacial score (nSPS) is 11.9. The summed E-state index contributed by atoms with van der Waals surface area (Å²) in [4.78, 5) is 21.8. The van der Waals surface area contributed by atoms with E-state index in [4.69, 9.17) is 5.73 Å². The van der Waals surface area contributed by atoms with Crippen molar-refractivity contribution in [2.75, 3.05) is 13.2 Å². The molecular weight excluding hydrogens is 174 g/mol. The van der Waals surface area contributed by atoms with Gasteiger partial charge in [-0.1, -0.05) is 0 Å². The fourth-order valence-electron chi connectivity index (χ4n) is 0.732. The summed E-state index contributed by atoms with van der Waals surface area (Å²) in [6.07, 6.45) is -0.132. The standard InChI is InChI=1S/C8H15NO4/c1-3-12-7(10)5-6(9)8(11)13-4-2/h6H,3-5,9H2,1-2H3/t6-/m0/s1. The van der Waals surface area contributed by atoms with E-state index in [0.717, 1.165) is 0 Å². The van der Waals surface area contributed by atoms with Crippen LogP contribution >= 0.6 is 0 Å². The SMILES string of the molecule is CCOC(=O)C[C@H](N)C(=O)OCC. The van der Waals surface area contributed by atoms with Crippen LogP contribution in [0.1, 0.15) is 20.3 Å². The van der Waals surface area contributed by atoms with E-state index < -0.39 is 18.0 Å². The number of rotatable bonds is 5. The lowest BCUT2D eigenvalue weighted by Gasteiger charge is -2.09. The highest BCUT2D eigenvalue weighted by Gasteiger charge is 2.18. The highest BCUT2D eigenvalue weighted by molar-refractivity contribution is 5.82. The molecule has 0 amide bonds. The van der Waals surface area contributed by atoms with Crippen molar-refractivity contribution in [3.8, 4) is 0 Å². The molecule has 0 rings (SSSR count). The van der Waals surface area contributed by atoms with Crippen LogP contribution in [0, 0.1) is 0 Å². The Bertz CT molecular complexity index is 181. The molecule has 0 aliphatic carbocycles. The van der Waals surface area contributed by atoms with Crippen LogP contribution in [0.25, 0.3) is 0 Å². The van der Waals surface area contributed by atoms with Crippen LogP contribution in [0.5, 0.6) is 0 Å². The number of hydrogen-bond donors (Lipinski definition) is 1. The summed E-state index contributed by atoms with van der Waals surface area (Å²) >= 11 is 0. The fourth-order valence-corrected chi connectivity index (χ4v) is 0.732. The molecule has 0 radical (unpaired) electrons. The average Bonchev–Trinajstić information content (AvgIpc) is 2.05. The third-order valence-corrected chi connectivity index (χ3v) is 1.28. The minimum Gasteiger partial charge on any atom is -0.466 e. The van der Waals surface area contributed by atoms with Crippen LogP contribution in [-0.4, -0.2) is 31.2 Å². The molecule has 0 saturated carbocycles. The zero-order valence-electron chi connectivity index (χ0n) is 7.91. The Morgan fingerprint density at radius 2 is 1.77 bits per heavy atom. The van der Waals surface area contributed by atoms with Gasteiger partial charge in [-0.2, -0.15) is 0 Å². The maximum Gasteiger partial charge on any atom is 0.323 e. The molecule has 0 unspecified atom stereocenters. The summed E-state index contributed by atoms with van der Waals surface area (Å²) in [5.41, 5.74) is 5.36. The van der Waals surface area contributed by atoms with E-state index in [1.54, 1.807) is 13.8 Å². The molecule has 1 atom stereocenters. The molecule has 0 aliphatic heterocycles. The number of carbonyl (C=O) groups excluding carboxylic acids is 2. The number of nitrogens with two attached hydrogens (primary N) is 1. The lowest BCUT2D eigenvalue weighted by molar-refractivity contribution is -0.151. The van der Waals surface area contributed by atoms with Gasteiger partial charge in [-0.25, -0.2) is 0 Å². The smallest absolute Gasteiger partial charge is 0.323 e. The number of carbonyl (C=O) groups is 2. The molecule has 5 nitrogen and oxygen atoms in total. The number of esters is 2. The van der Waals surface area contributed by atoms with Gasteiger partial charge >= 0.3 is 11.9 Å². The van der Waals surface area contributed by atoms with Crippen molar-refractivity contribution in [3.63, 3.8) is 0 Å². The molecule has 0 heterocycles. The monoisotopic (exact) mass is 189 g/mol. The average molecular weight is 189 g/mol. The first-order valence-electron chi connectivity index (χ1n) is 4.19. The lowest BCUT2D eigenvalue weighted by Crippen LogP contribution is -2.35. The molecule has 0 bridgehead atoms. The summed E-state index contributed by atoms with van der Waals surface area (Å²) in [5.74, 6) is -1.06. The number of hydrogen-bond acceptors (Lipinski definition) is 5. The van der Waals surface area contributed by atoms with Crippen molar-refractivity contribution >= 4 is 11.9 Å². The molecule has 0 aromatic heterocycles. The zero-order valence-corrected chi connectivity index (χ0v) is 7.91. The summed E-state index contributed by atoms with van der Waals surface area (Å²) in [6, 6.07) is -0.918. The van der Waals surface area contributed by atoms with Gasteiger partial charge in [0.2, 0.25) is 0 Å². The summed E-state index contributed by atoms with van der Waals surface area (Å²) in [6.45, 7) is 3.91. The van der Waals surface area contributed by atoms with Gasteiger partial charge in [0.25, 0.3) is 0 Å². The Morgan fingerprint density at radius 1 is 1.23 bits per heavy atom. The van der Waals surface area contributed by atoms with Crippen molar-refractivity contribution in [1.29, 1.82) is 0 Å². The van der Waals surface area contributed by atoms with E-state index in [0.29, 0.717) is 0 Å². The minimum absolute atomic E-state index is 0.132. The van der Waals surface area contributed by atoms with Crippen molar-refractivity contribution in [2.24, 2.45) is 5.73 Å². The summed E-state index contributed by atoms with van der Waals surface area (Å²) < 4.78 is 9.23. The molecule has 76 valence electrons. The van der Waals surface area contributed by atoms with Crippen molar-refractivity contribution in [2.45, 2.75) is 26.3 Å². The Hall–Kier alpha value is -1.10. The van der Waals surface area contributed by atoms with Gasteiger partial charge < -0.3 is 15.2 Å². The molecule has 5 heteroatoms. The van der Waals surface area contributed by atoms with Crippen LogP contribution in [0.3, 0.4) is 0 Å². The molecule has 0 fully saturated rings. The van der Waals surface area contributed by atoms with E-state index in [2.05, 4.69) is 9.47 Å². The fraction of sp³-hybridized carbons (Fsp3) is 0.750. The second-order valence-corrected chi connectivity index (χ2v) is 2.37. The summed E-state index contributed by atoms with van der Waals surface area (Å²) in [5, 5.41) is 0. The van der Waals surface area contributed by atoms with E-state index >= 15 is 0 Å². The van der Waals surface area contributed by atoms with Crippen molar-refractivity contribution in [3.05, 3.63) is 0 Å². The quantitative estimate of drug-likeness (QED) is 0.607. The maximum atomic E-state index is 10.9. The van der Waals surface area contributed by atoms with Gasteiger partial charge in [-0.15, -0.1) is 0 Å². The molecule has 13 heavy (non-hydrogen) atoms. The zero-order chi connectivity index (χ0) is 10.3. The van der Waals surface area contributed by atoms with Gasteiger partial charge in [-0.05, 0) is 13.8 Å². The van der Waals surface area contributed by atoms with Crippen molar-refractivity contribution < 1.29 is 19.1 Å². The van der Waals surface area contributed by atoms with Crippen LogP contribution in [0.15, 0.2) is 0 Å². The molecule has 0 aliphatic rings.